The molecule has 0 radical (unpaired) electrons. The molecule has 8 heteroatoms. The van der Waals surface area contributed by atoms with Crippen LogP contribution in [0.5, 0.6) is 0 Å². The van der Waals surface area contributed by atoms with Crippen LogP contribution in [-0.4, -0.2) is 15.0 Å². The van der Waals surface area contributed by atoms with Crippen molar-refractivity contribution < 1.29 is 12.8 Å². The number of halogens is 2. The second kappa shape index (κ2) is 6.87. The Labute approximate surface area is 135 Å². The van der Waals surface area contributed by atoms with Crippen LogP contribution in [0.15, 0.2) is 39.0 Å². The molecule has 0 unspecified atom stereocenters. The van der Waals surface area contributed by atoms with E-state index in [0.717, 1.165) is 11.4 Å². The van der Waals surface area contributed by atoms with E-state index in [-0.39, 0.29) is 9.37 Å². The number of thiophene rings is 1. The summed E-state index contributed by atoms with van der Waals surface area (Å²) >= 11 is 4.41. The molecule has 1 aromatic carbocycles. The summed E-state index contributed by atoms with van der Waals surface area (Å²) in [6, 6.07) is 5.60. The van der Waals surface area contributed by atoms with Crippen LogP contribution >= 0.6 is 27.3 Å². The molecular weight excluding hydrogens is 379 g/mol. The van der Waals surface area contributed by atoms with Crippen molar-refractivity contribution in [3.05, 3.63) is 44.8 Å². The van der Waals surface area contributed by atoms with Gasteiger partial charge in [-0.3, -0.25) is 4.72 Å². The lowest BCUT2D eigenvalue weighted by Gasteiger charge is -2.07. The molecule has 0 aliphatic carbocycles. The van der Waals surface area contributed by atoms with Crippen LogP contribution < -0.4 is 10.0 Å². The second-order valence-corrected chi connectivity index (χ2v) is 7.80. The van der Waals surface area contributed by atoms with E-state index in [4.69, 9.17) is 0 Å². The maximum absolute atomic E-state index is 13.1. The Kier molecular flexibility index (Phi) is 5.37. The first-order valence-electron chi connectivity index (χ1n) is 6.18. The molecule has 2 N–H and O–H groups in total. The summed E-state index contributed by atoms with van der Waals surface area (Å²) in [7, 11) is -3.66. The minimum absolute atomic E-state index is 0.209. The maximum Gasteiger partial charge on any atom is 0.262 e. The number of hydrogen-bond acceptors (Lipinski definition) is 4. The van der Waals surface area contributed by atoms with Gasteiger partial charge in [0.1, 0.15) is 5.82 Å². The molecule has 0 aliphatic rings. The normalized spacial score (nSPS) is 11.6. The fraction of sp³-hybridized carbons (Fsp3) is 0.231. The van der Waals surface area contributed by atoms with Crippen LogP contribution in [-0.2, 0) is 16.6 Å². The number of rotatable bonds is 6. The number of nitrogens with one attached hydrogen (secondary N) is 2. The Bertz CT molecular complexity index is 732. The van der Waals surface area contributed by atoms with Crippen LogP contribution in [0.1, 0.15) is 11.8 Å². The van der Waals surface area contributed by atoms with Gasteiger partial charge in [-0.15, -0.1) is 11.3 Å². The summed E-state index contributed by atoms with van der Waals surface area (Å²) in [5.41, 5.74) is 0.308. The highest BCUT2D eigenvalue weighted by molar-refractivity contribution is 9.10. The molecule has 4 nitrogen and oxygen atoms in total. The predicted molar refractivity (Wildman–Crippen MR) is 86.6 cm³/mol. The molecule has 1 aromatic heterocycles. The average molecular weight is 393 g/mol. The predicted octanol–water partition coefficient (Wildman–Crippen LogP) is 3.56. The Morgan fingerprint density at radius 1 is 1.33 bits per heavy atom. The summed E-state index contributed by atoms with van der Waals surface area (Å²) in [4.78, 5) is 1.15. The van der Waals surface area contributed by atoms with Gasteiger partial charge in [0.25, 0.3) is 10.0 Å². The van der Waals surface area contributed by atoms with E-state index in [0.29, 0.717) is 12.2 Å². The average Bonchev–Trinajstić information content (AvgIpc) is 2.90. The largest absolute Gasteiger partial charge is 0.312 e. The van der Waals surface area contributed by atoms with Gasteiger partial charge in [-0.25, -0.2) is 12.8 Å². The topological polar surface area (TPSA) is 58.2 Å². The van der Waals surface area contributed by atoms with E-state index in [1.54, 1.807) is 11.4 Å². The van der Waals surface area contributed by atoms with Crippen molar-refractivity contribution >= 4 is 43.0 Å². The van der Waals surface area contributed by atoms with E-state index in [2.05, 4.69) is 26.0 Å². The van der Waals surface area contributed by atoms with Gasteiger partial charge >= 0.3 is 0 Å². The third kappa shape index (κ3) is 4.26. The molecule has 2 rings (SSSR count). The molecule has 1 heterocycles. The Morgan fingerprint density at radius 3 is 2.76 bits per heavy atom. The van der Waals surface area contributed by atoms with Gasteiger partial charge in [0, 0.05) is 16.8 Å². The Balaban J connectivity index is 2.17. The fourth-order valence-corrected chi connectivity index (χ4v) is 4.29. The monoisotopic (exact) mass is 392 g/mol. The zero-order chi connectivity index (χ0) is 15.5. The van der Waals surface area contributed by atoms with Crippen LogP contribution in [0, 0.1) is 5.82 Å². The van der Waals surface area contributed by atoms with Gasteiger partial charge in [-0.05, 0) is 46.7 Å². The van der Waals surface area contributed by atoms with Gasteiger partial charge in [-0.1, -0.05) is 6.92 Å². The molecule has 0 bridgehead atoms. The molecule has 0 aliphatic heterocycles. The van der Waals surface area contributed by atoms with Crippen molar-refractivity contribution in [2.24, 2.45) is 0 Å². The zero-order valence-electron chi connectivity index (χ0n) is 11.2. The molecule has 0 saturated carbocycles. The summed E-state index contributed by atoms with van der Waals surface area (Å²) in [6.07, 6.45) is 0. The Hall–Kier alpha value is -0.960. The maximum atomic E-state index is 13.1. The summed E-state index contributed by atoms with van der Waals surface area (Å²) < 4.78 is 40.3. The number of hydrogen-bond donors (Lipinski definition) is 2. The SMILES string of the molecule is CCNCc1cc(S(=O)(=O)Nc2ccc(F)c(Br)c2)cs1. The van der Waals surface area contributed by atoms with Crippen molar-refractivity contribution in [1.82, 2.24) is 5.32 Å². The van der Waals surface area contributed by atoms with Gasteiger partial charge < -0.3 is 5.32 Å². The third-order valence-corrected chi connectivity index (χ3v) is 5.72. The molecule has 21 heavy (non-hydrogen) atoms. The first-order chi connectivity index (χ1) is 9.92. The van der Waals surface area contributed by atoms with E-state index in [1.165, 1.54) is 29.5 Å². The highest BCUT2D eigenvalue weighted by Gasteiger charge is 2.17. The molecule has 0 saturated heterocycles. The van der Waals surface area contributed by atoms with Crippen molar-refractivity contribution in [2.45, 2.75) is 18.4 Å². The highest BCUT2D eigenvalue weighted by atomic mass is 79.9. The molecule has 0 amide bonds. The van der Waals surface area contributed by atoms with E-state index < -0.39 is 15.8 Å². The quantitative estimate of drug-likeness (QED) is 0.789. The molecular formula is C13H14BrFN2O2S2. The molecule has 0 fully saturated rings. The van der Waals surface area contributed by atoms with Crippen molar-refractivity contribution in [2.75, 3.05) is 11.3 Å². The van der Waals surface area contributed by atoms with Crippen molar-refractivity contribution in [3.8, 4) is 0 Å². The van der Waals surface area contributed by atoms with E-state index >= 15 is 0 Å². The van der Waals surface area contributed by atoms with Crippen LogP contribution in [0.4, 0.5) is 10.1 Å². The lowest BCUT2D eigenvalue weighted by Crippen LogP contribution is -2.13. The smallest absolute Gasteiger partial charge is 0.262 e. The van der Waals surface area contributed by atoms with E-state index in [9.17, 15) is 12.8 Å². The highest BCUT2D eigenvalue weighted by Crippen LogP contribution is 2.24. The van der Waals surface area contributed by atoms with Crippen LogP contribution in [0.3, 0.4) is 0 Å². The second-order valence-electron chi connectivity index (χ2n) is 4.26. The minimum Gasteiger partial charge on any atom is -0.312 e. The molecule has 2 aromatic rings. The first-order valence-corrected chi connectivity index (χ1v) is 9.34. The van der Waals surface area contributed by atoms with Gasteiger partial charge in [-0.2, -0.15) is 0 Å². The Morgan fingerprint density at radius 2 is 2.10 bits per heavy atom. The first kappa shape index (κ1) is 16.4. The van der Waals surface area contributed by atoms with Gasteiger partial charge in [0.15, 0.2) is 0 Å². The standard InChI is InChI=1S/C13H14BrFN2O2S2/c1-2-16-7-10-6-11(8-20-10)21(18,19)17-9-3-4-13(15)12(14)5-9/h3-6,8,16-17H,2,7H2,1H3. The van der Waals surface area contributed by atoms with Crippen LogP contribution in [0.2, 0.25) is 0 Å². The number of sulfonamides is 1. The summed E-state index contributed by atoms with van der Waals surface area (Å²) in [5.74, 6) is -0.443. The van der Waals surface area contributed by atoms with E-state index in [1.807, 2.05) is 6.92 Å². The number of anilines is 1. The van der Waals surface area contributed by atoms with Gasteiger partial charge in [0.05, 0.1) is 15.1 Å². The molecule has 0 spiro atoms. The lowest BCUT2D eigenvalue weighted by atomic mass is 10.3. The van der Waals surface area contributed by atoms with Crippen molar-refractivity contribution in [3.63, 3.8) is 0 Å². The lowest BCUT2D eigenvalue weighted by molar-refractivity contribution is 0.601. The zero-order valence-corrected chi connectivity index (χ0v) is 14.4. The summed E-state index contributed by atoms with van der Waals surface area (Å²) in [6.45, 7) is 3.44. The van der Waals surface area contributed by atoms with Crippen LogP contribution in [0.25, 0.3) is 0 Å². The van der Waals surface area contributed by atoms with Crippen molar-refractivity contribution in [1.29, 1.82) is 0 Å². The number of benzene rings is 1. The molecule has 114 valence electrons. The summed E-state index contributed by atoms with van der Waals surface area (Å²) in [5, 5.41) is 4.73. The fourth-order valence-electron chi connectivity index (χ4n) is 1.62. The molecule has 0 atom stereocenters. The third-order valence-electron chi connectivity index (χ3n) is 2.66. The van der Waals surface area contributed by atoms with Gasteiger partial charge in [0.2, 0.25) is 0 Å². The minimum atomic E-state index is -3.66.